The molecule has 0 aliphatic carbocycles. The fourth-order valence-electron chi connectivity index (χ4n) is 2.21. The van der Waals surface area contributed by atoms with E-state index >= 15 is 0 Å². The highest BCUT2D eigenvalue weighted by Gasteiger charge is 2.08. The highest BCUT2D eigenvalue weighted by Crippen LogP contribution is 2.29. The van der Waals surface area contributed by atoms with Gasteiger partial charge in [-0.2, -0.15) is 5.10 Å². The molecule has 0 saturated heterocycles. The van der Waals surface area contributed by atoms with E-state index in [0.29, 0.717) is 22.9 Å². The predicted octanol–water partition coefficient (Wildman–Crippen LogP) is 3.00. The molecule has 1 aromatic carbocycles. The number of rotatable bonds is 4. The lowest BCUT2D eigenvalue weighted by molar-refractivity contribution is 0.262. The van der Waals surface area contributed by atoms with Gasteiger partial charge in [0.15, 0.2) is 11.5 Å². The molecular formula is C16H16N4O3. The van der Waals surface area contributed by atoms with E-state index in [1.54, 1.807) is 55.4 Å². The summed E-state index contributed by atoms with van der Waals surface area (Å²) >= 11 is 0. The van der Waals surface area contributed by atoms with Gasteiger partial charge in [-0.25, -0.2) is 9.31 Å². The van der Waals surface area contributed by atoms with E-state index in [0.717, 1.165) is 5.52 Å². The molecule has 3 aromatic rings. The molecule has 2 N–H and O–H groups in total. The van der Waals surface area contributed by atoms with Crippen molar-refractivity contribution in [3.8, 4) is 11.5 Å². The Bertz CT molecular complexity index is 844. The summed E-state index contributed by atoms with van der Waals surface area (Å²) in [4.78, 5) is 12.1. The van der Waals surface area contributed by atoms with Crippen molar-refractivity contribution in [2.45, 2.75) is 0 Å². The first kappa shape index (κ1) is 14.7. The molecule has 2 heterocycles. The molecule has 7 heteroatoms. The number of carbonyl (C=O) groups is 1. The zero-order valence-corrected chi connectivity index (χ0v) is 12.7. The Balaban J connectivity index is 1.71. The number of carbonyl (C=O) groups excluding carboxylic acids is 1. The lowest BCUT2D eigenvalue weighted by Crippen LogP contribution is -2.19. The van der Waals surface area contributed by atoms with E-state index in [4.69, 9.17) is 9.47 Å². The zero-order chi connectivity index (χ0) is 16.2. The molecule has 2 aromatic heterocycles. The lowest BCUT2D eigenvalue weighted by Gasteiger charge is -2.11. The number of pyridine rings is 1. The molecule has 2 amide bonds. The van der Waals surface area contributed by atoms with Crippen LogP contribution in [0, 0.1) is 0 Å². The van der Waals surface area contributed by atoms with Crippen LogP contribution in [0.1, 0.15) is 0 Å². The fourth-order valence-corrected chi connectivity index (χ4v) is 2.21. The number of fused-ring (bicyclic) bond motifs is 1. The third-order valence-electron chi connectivity index (χ3n) is 3.30. The SMILES string of the molecule is COc1ccc(NC(=O)Nc2ccn3nccc3c2)cc1OC. The number of aromatic nitrogens is 2. The molecule has 0 atom stereocenters. The number of amides is 2. The summed E-state index contributed by atoms with van der Waals surface area (Å²) in [6.07, 6.45) is 3.48. The molecule has 0 aliphatic rings. The van der Waals surface area contributed by atoms with Gasteiger partial charge in [0.05, 0.1) is 19.7 Å². The van der Waals surface area contributed by atoms with Crippen LogP contribution >= 0.6 is 0 Å². The summed E-state index contributed by atoms with van der Waals surface area (Å²) in [5.41, 5.74) is 2.18. The average molecular weight is 312 g/mol. The second-order valence-electron chi connectivity index (χ2n) is 4.76. The quantitative estimate of drug-likeness (QED) is 0.776. The molecule has 0 fully saturated rings. The summed E-state index contributed by atoms with van der Waals surface area (Å²) in [6, 6.07) is 10.3. The Kier molecular flexibility index (Phi) is 4.01. The molecule has 118 valence electrons. The Labute approximate surface area is 132 Å². The van der Waals surface area contributed by atoms with Crippen LogP contribution in [0.5, 0.6) is 11.5 Å². The van der Waals surface area contributed by atoms with Crippen molar-refractivity contribution in [3.05, 3.63) is 48.8 Å². The van der Waals surface area contributed by atoms with E-state index in [9.17, 15) is 4.79 Å². The Morgan fingerprint density at radius 3 is 2.48 bits per heavy atom. The van der Waals surface area contributed by atoms with Crippen LogP contribution in [0.2, 0.25) is 0 Å². The number of urea groups is 1. The van der Waals surface area contributed by atoms with Gasteiger partial charge in [-0.15, -0.1) is 0 Å². The van der Waals surface area contributed by atoms with Gasteiger partial charge in [-0.1, -0.05) is 0 Å². The molecule has 0 bridgehead atoms. The van der Waals surface area contributed by atoms with Crippen molar-refractivity contribution >= 4 is 22.9 Å². The highest BCUT2D eigenvalue weighted by atomic mass is 16.5. The predicted molar refractivity (Wildman–Crippen MR) is 87.4 cm³/mol. The van der Waals surface area contributed by atoms with Gasteiger partial charge in [0, 0.05) is 29.8 Å². The number of methoxy groups -OCH3 is 2. The van der Waals surface area contributed by atoms with Crippen LogP contribution < -0.4 is 20.1 Å². The Morgan fingerprint density at radius 1 is 1.00 bits per heavy atom. The maximum absolute atomic E-state index is 12.1. The summed E-state index contributed by atoms with van der Waals surface area (Å²) in [5.74, 6) is 1.15. The maximum Gasteiger partial charge on any atom is 0.323 e. The molecule has 3 rings (SSSR count). The first-order valence-corrected chi connectivity index (χ1v) is 6.93. The fraction of sp³-hybridized carbons (Fsp3) is 0.125. The number of nitrogens with one attached hydrogen (secondary N) is 2. The van der Waals surface area contributed by atoms with Crippen LogP contribution in [0.3, 0.4) is 0 Å². The van der Waals surface area contributed by atoms with Gasteiger partial charge in [-0.3, -0.25) is 0 Å². The van der Waals surface area contributed by atoms with Crippen molar-refractivity contribution < 1.29 is 14.3 Å². The summed E-state index contributed by atoms with van der Waals surface area (Å²) < 4.78 is 12.1. The van der Waals surface area contributed by atoms with E-state index in [1.807, 2.05) is 12.1 Å². The van der Waals surface area contributed by atoms with Gasteiger partial charge in [0.2, 0.25) is 0 Å². The third kappa shape index (κ3) is 3.18. The van der Waals surface area contributed by atoms with E-state index in [2.05, 4.69) is 15.7 Å². The number of ether oxygens (including phenoxy) is 2. The maximum atomic E-state index is 12.1. The van der Waals surface area contributed by atoms with Crippen LogP contribution in [-0.2, 0) is 0 Å². The number of hydrogen-bond donors (Lipinski definition) is 2. The Hall–Kier alpha value is -3.22. The van der Waals surface area contributed by atoms with Crippen molar-refractivity contribution in [2.75, 3.05) is 24.9 Å². The smallest absolute Gasteiger partial charge is 0.323 e. The topological polar surface area (TPSA) is 76.9 Å². The van der Waals surface area contributed by atoms with Crippen LogP contribution in [0.25, 0.3) is 5.52 Å². The highest BCUT2D eigenvalue weighted by molar-refractivity contribution is 6.00. The largest absolute Gasteiger partial charge is 0.493 e. The van der Waals surface area contributed by atoms with Crippen molar-refractivity contribution in [3.63, 3.8) is 0 Å². The van der Waals surface area contributed by atoms with E-state index in [1.165, 1.54) is 0 Å². The lowest BCUT2D eigenvalue weighted by atomic mass is 10.2. The number of benzene rings is 1. The normalized spacial score (nSPS) is 10.3. The average Bonchev–Trinajstić information content (AvgIpc) is 3.02. The summed E-state index contributed by atoms with van der Waals surface area (Å²) in [6.45, 7) is 0. The van der Waals surface area contributed by atoms with Crippen LogP contribution in [-0.4, -0.2) is 29.9 Å². The van der Waals surface area contributed by atoms with Crippen molar-refractivity contribution in [1.82, 2.24) is 9.61 Å². The molecule has 0 spiro atoms. The second-order valence-corrected chi connectivity index (χ2v) is 4.76. The van der Waals surface area contributed by atoms with Crippen molar-refractivity contribution in [2.24, 2.45) is 0 Å². The summed E-state index contributed by atoms with van der Waals surface area (Å²) in [7, 11) is 3.10. The molecule has 0 radical (unpaired) electrons. The van der Waals surface area contributed by atoms with Crippen LogP contribution in [0.4, 0.5) is 16.2 Å². The van der Waals surface area contributed by atoms with E-state index in [-0.39, 0.29) is 6.03 Å². The molecule has 23 heavy (non-hydrogen) atoms. The van der Waals surface area contributed by atoms with Gasteiger partial charge in [-0.05, 0) is 30.3 Å². The minimum Gasteiger partial charge on any atom is -0.493 e. The zero-order valence-electron chi connectivity index (χ0n) is 12.7. The molecule has 0 aliphatic heterocycles. The van der Waals surface area contributed by atoms with Crippen LogP contribution in [0.15, 0.2) is 48.8 Å². The van der Waals surface area contributed by atoms with Crippen molar-refractivity contribution in [1.29, 1.82) is 0 Å². The first-order chi connectivity index (χ1) is 11.2. The summed E-state index contributed by atoms with van der Waals surface area (Å²) in [5, 5.41) is 9.63. The van der Waals surface area contributed by atoms with Gasteiger partial charge >= 0.3 is 6.03 Å². The third-order valence-corrected chi connectivity index (χ3v) is 3.30. The second kappa shape index (κ2) is 6.27. The standard InChI is InChI=1S/C16H16N4O3/c1-22-14-4-3-11(10-15(14)23-2)18-16(21)19-12-6-8-20-13(9-12)5-7-17-20/h3-10H,1-2H3,(H2,18,19,21). The minimum atomic E-state index is -0.346. The molecule has 7 nitrogen and oxygen atoms in total. The molecular weight excluding hydrogens is 296 g/mol. The van der Waals surface area contributed by atoms with E-state index < -0.39 is 0 Å². The number of anilines is 2. The number of hydrogen-bond acceptors (Lipinski definition) is 4. The van der Waals surface area contributed by atoms with Gasteiger partial charge in [0.1, 0.15) is 0 Å². The number of nitrogens with zero attached hydrogens (tertiary/aromatic N) is 2. The minimum absolute atomic E-state index is 0.346. The molecule has 0 unspecified atom stereocenters. The monoisotopic (exact) mass is 312 g/mol. The van der Waals surface area contributed by atoms with Gasteiger partial charge < -0.3 is 20.1 Å². The molecule has 0 saturated carbocycles. The Morgan fingerprint density at radius 2 is 1.74 bits per heavy atom. The first-order valence-electron chi connectivity index (χ1n) is 6.93. The van der Waals surface area contributed by atoms with Gasteiger partial charge in [0.25, 0.3) is 0 Å².